The largest absolute Gasteiger partial charge is 0.407 e. The predicted molar refractivity (Wildman–Crippen MR) is 125 cm³/mol. The lowest BCUT2D eigenvalue weighted by atomic mass is 10.1. The van der Waals surface area contributed by atoms with Crippen LogP contribution in [-0.4, -0.2) is 28.1 Å². The van der Waals surface area contributed by atoms with Gasteiger partial charge in [0, 0.05) is 47.3 Å². The molecule has 4 nitrogen and oxygen atoms in total. The minimum absolute atomic E-state index is 0.0130. The van der Waals surface area contributed by atoms with Crippen LogP contribution in [0.15, 0.2) is 48.7 Å². The normalized spacial score (nSPS) is 15.7. The highest BCUT2D eigenvalue weighted by atomic mass is 35.5. The van der Waals surface area contributed by atoms with E-state index >= 15 is 0 Å². The molecule has 0 radical (unpaired) electrons. The van der Waals surface area contributed by atoms with Gasteiger partial charge in [0.1, 0.15) is 6.04 Å². The van der Waals surface area contributed by atoms with E-state index in [1.807, 2.05) is 6.07 Å². The molecular weight excluding hydrogens is 457 g/mol. The Bertz CT molecular complexity index is 1080. The van der Waals surface area contributed by atoms with Crippen molar-refractivity contribution in [2.45, 2.75) is 38.0 Å². The summed E-state index contributed by atoms with van der Waals surface area (Å²) in [6.45, 7) is 2.71. The standard InChI is InChI=1S/C18H13ClF3N3.C5H11NS/c19-13-4-1-11(2-5-13)9-25-10-15(17(24)18(20,21)22)14-6-3-12(8-23)7-16(14)25;7-6-4-2-1-3-5-6/h1-7,10,17H,9,24H2;7H,1-5H2. The maximum Gasteiger partial charge on any atom is 0.407 e. The molecule has 1 fully saturated rings. The van der Waals surface area contributed by atoms with Gasteiger partial charge in [-0.25, -0.2) is 0 Å². The molecule has 0 saturated carbocycles. The van der Waals surface area contributed by atoms with Gasteiger partial charge in [0.2, 0.25) is 0 Å². The average molecular weight is 481 g/mol. The maximum absolute atomic E-state index is 13.1. The van der Waals surface area contributed by atoms with Gasteiger partial charge in [-0.15, -0.1) is 0 Å². The molecule has 1 aliphatic rings. The minimum atomic E-state index is -4.55. The average Bonchev–Trinajstić information content (AvgIpc) is 3.12. The summed E-state index contributed by atoms with van der Waals surface area (Å²) in [6, 6.07) is 11.5. The number of nitrogens with two attached hydrogens (primary N) is 1. The van der Waals surface area contributed by atoms with Gasteiger partial charge < -0.3 is 10.3 Å². The van der Waals surface area contributed by atoms with Crippen molar-refractivity contribution in [3.8, 4) is 6.07 Å². The molecule has 1 aromatic heterocycles. The lowest BCUT2D eigenvalue weighted by Gasteiger charge is -2.19. The summed E-state index contributed by atoms with van der Waals surface area (Å²) in [7, 11) is 0. The van der Waals surface area contributed by atoms with Gasteiger partial charge in [-0.2, -0.15) is 18.4 Å². The molecule has 1 atom stereocenters. The molecule has 170 valence electrons. The van der Waals surface area contributed by atoms with E-state index in [0.29, 0.717) is 28.0 Å². The Morgan fingerprint density at radius 2 is 1.75 bits per heavy atom. The Labute approximate surface area is 195 Å². The summed E-state index contributed by atoms with van der Waals surface area (Å²) in [4.78, 5) is 0. The number of aromatic nitrogens is 1. The van der Waals surface area contributed by atoms with Crippen molar-refractivity contribution in [2.24, 2.45) is 5.73 Å². The van der Waals surface area contributed by atoms with Crippen LogP contribution in [-0.2, 0) is 6.54 Å². The molecule has 32 heavy (non-hydrogen) atoms. The van der Waals surface area contributed by atoms with E-state index in [4.69, 9.17) is 22.6 Å². The van der Waals surface area contributed by atoms with E-state index in [0.717, 1.165) is 5.56 Å². The van der Waals surface area contributed by atoms with Gasteiger partial charge in [0.05, 0.1) is 11.6 Å². The van der Waals surface area contributed by atoms with Crippen molar-refractivity contribution in [3.05, 3.63) is 70.4 Å². The van der Waals surface area contributed by atoms with Crippen molar-refractivity contribution >= 4 is 35.3 Å². The minimum Gasteiger partial charge on any atom is -0.343 e. The molecule has 1 unspecified atom stereocenters. The second kappa shape index (κ2) is 10.6. The van der Waals surface area contributed by atoms with Gasteiger partial charge >= 0.3 is 6.18 Å². The molecule has 0 amide bonds. The number of thiol groups is 1. The summed E-state index contributed by atoms with van der Waals surface area (Å²) >= 11 is 10.1. The Morgan fingerprint density at radius 3 is 2.28 bits per heavy atom. The van der Waals surface area contributed by atoms with Crippen molar-refractivity contribution < 1.29 is 13.2 Å². The van der Waals surface area contributed by atoms with Gasteiger partial charge in [-0.05, 0) is 42.7 Å². The number of hydrogen-bond acceptors (Lipinski definition) is 4. The molecule has 1 aliphatic heterocycles. The van der Waals surface area contributed by atoms with Gasteiger partial charge in [0.25, 0.3) is 0 Å². The zero-order valence-electron chi connectivity index (χ0n) is 17.3. The molecule has 4 rings (SSSR count). The van der Waals surface area contributed by atoms with E-state index in [1.165, 1.54) is 50.7 Å². The number of halogens is 4. The number of alkyl halides is 3. The van der Waals surface area contributed by atoms with E-state index < -0.39 is 12.2 Å². The van der Waals surface area contributed by atoms with Crippen molar-refractivity contribution in [1.29, 1.82) is 5.26 Å². The van der Waals surface area contributed by atoms with Gasteiger partial charge in [-0.3, -0.25) is 4.31 Å². The summed E-state index contributed by atoms with van der Waals surface area (Å²) in [5.41, 5.74) is 7.17. The number of hydrogen-bond donors (Lipinski definition) is 2. The van der Waals surface area contributed by atoms with Crippen LogP contribution in [0.4, 0.5) is 13.2 Å². The summed E-state index contributed by atoms with van der Waals surface area (Å²) in [5, 5.41) is 10.0. The second-order valence-electron chi connectivity index (χ2n) is 7.72. The molecule has 2 heterocycles. The van der Waals surface area contributed by atoms with Crippen LogP contribution in [0.5, 0.6) is 0 Å². The molecule has 3 aromatic rings. The van der Waals surface area contributed by atoms with Crippen LogP contribution in [0.3, 0.4) is 0 Å². The number of nitriles is 1. The first-order valence-electron chi connectivity index (χ1n) is 10.2. The third-order valence-electron chi connectivity index (χ3n) is 5.33. The first-order chi connectivity index (χ1) is 15.2. The van der Waals surface area contributed by atoms with Crippen molar-refractivity contribution in [3.63, 3.8) is 0 Å². The number of benzene rings is 2. The highest BCUT2D eigenvalue weighted by Crippen LogP contribution is 2.36. The molecule has 0 spiro atoms. The first kappa shape index (κ1) is 24.5. The monoisotopic (exact) mass is 480 g/mol. The number of nitrogens with zero attached hydrogens (tertiary/aromatic N) is 3. The number of rotatable bonds is 3. The van der Waals surface area contributed by atoms with E-state index in [1.54, 1.807) is 34.9 Å². The van der Waals surface area contributed by atoms with Gasteiger partial charge in [-0.1, -0.05) is 49.0 Å². The Kier molecular flexibility index (Phi) is 8.12. The molecule has 1 saturated heterocycles. The van der Waals surface area contributed by atoms with Crippen LogP contribution in [0.1, 0.15) is 42.0 Å². The van der Waals surface area contributed by atoms with E-state index in [9.17, 15) is 13.2 Å². The fraction of sp³-hybridized carbons (Fsp3) is 0.348. The lowest BCUT2D eigenvalue weighted by molar-refractivity contribution is -0.148. The Hall–Kier alpha value is -2.18. The Balaban J connectivity index is 0.000000352. The summed E-state index contributed by atoms with van der Waals surface area (Å²) in [6.07, 6.45) is 0.927. The zero-order chi connectivity index (χ0) is 23.3. The van der Waals surface area contributed by atoms with Crippen molar-refractivity contribution in [1.82, 2.24) is 8.87 Å². The first-order valence-corrected chi connectivity index (χ1v) is 11.0. The summed E-state index contributed by atoms with van der Waals surface area (Å²) in [5.74, 6) is 0. The number of piperidine rings is 1. The van der Waals surface area contributed by atoms with E-state index in [2.05, 4.69) is 17.1 Å². The quantitative estimate of drug-likeness (QED) is 0.446. The second-order valence-corrected chi connectivity index (χ2v) is 8.72. The molecular formula is C23H24ClF3N4S. The fourth-order valence-electron chi connectivity index (χ4n) is 3.61. The molecule has 0 aliphatic carbocycles. The maximum atomic E-state index is 13.1. The van der Waals surface area contributed by atoms with Gasteiger partial charge in [0.15, 0.2) is 0 Å². The Morgan fingerprint density at radius 1 is 1.09 bits per heavy atom. The highest BCUT2D eigenvalue weighted by Gasteiger charge is 2.39. The molecule has 0 bridgehead atoms. The fourth-order valence-corrected chi connectivity index (χ4v) is 4.02. The van der Waals surface area contributed by atoms with Crippen LogP contribution in [0.2, 0.25) is 5.02 Å². The predicted octanol–water partition coefficient (Wildman–Crippen LogP) is 6.09. The van der Waals surface area contributed by atoms with Crippen LogP contribution in [0.25, 0.3) is 10.9 Å². The third-order valence-corrected chi connectivity index (χ3v) is 5.98. The summed E-state index contributed by atoms with van der Waals surface area (Å²) < 4.78 is 43.0. The molecule has 2 aromatic carbocycles. The van der Waals surface area contributed by atoms with Crippen molar-refractivity contribution in [2.75, 3.05) is 13.1 Å². The lowest BCUT2D eigenvalue weighted by Crippen LogP contribution is -2.28. The zero-order valence-corrected chi connectivity index (χ0v) is 19.0. The SMILES string of the molecule is N#Cc1ccc2c(C(N)C(F)(F)F)cn(Cc3ccc(Cl)cc3)c2c1.SN1CCCCC1. The molecule has 9 heteroatoms. The van der Waals surface area contributed by atoms with Crippen LogP contribution < -0.4 is 5.73 Å². The smallest absolute Gasteiger partial charge is 0.343 e. The third kappa shape index (κ3) is 6.20. The molecule has 2 N–H and O–H groups in total. The van der Waals surface area contributed by atoms with Crippen LogP contribution in [0, 0.1) is 11.3 Å². The highest BCUT2D eigenvalue weighted by molar-refractivity contribution is 7.77. The van der Waals surface area contributed by atoms with E-state index in [-0.39, 0.29) is 5.56 Å². The van der Waals surface area contributed by atoms with Crippen LogP contribution >= 0.6 is 24.4 Å². The topological polar surface area (TPSA) is 58.0 Å². The number of fused-ring (bicyclic) bond motifs is 1.